The van der Waals surface area contributed by atoms with Crippen molar-refractivity contribution in [2.24, 2.45) is 11.1 Å². The van der Waals surface area contributed by atoms with Gasteiger partial charge in [0.15, 0.2) is 9.84 Å². The highest BCUT2D eigenvalue weighted by Crippen LogP contribution is 2.35. The van der Waals surface area contributed by atoms with E-state index in [1.54, 1.807) is 12.1 Å². The van der Waals surface area contributed by atoms with Crippen molar-refractivity contribution in [2.45, 2.75) is 65.3 Å². The van der Waals surface area contributed by atoms with Crippen LogP contribution in [0.2, 0.25) is 0 Å². The Labute approximate surface area is 239 Å². The quantitative estimate of drug-likeness (QED) is 0.336. The van der Waals surface area contributed by atoms with Gasteiger partial charge in [-0.3, -0.25) is 9.78 Å². The molecule has 0 spiro atoms. The minimum Gasteiger partial charge on any atom is -0.326 e. The van der Waals surface area contributed by atoms with E-state index in [9.17, 15) is 13.2 Å². The van der Waals surface area contributed by atoms with Crippen molar-refractivity contribution in [3.8, 4) is 11.1 Å². The van der Waals surface area contributed by atoms with Crippen molar-refractivity contribution >= 4 is 46.2 Å². The van der Waals surface area contributed by atoms with Crippen LogP contribution >= 0.6 is 24.8 Å². The molecule has 3 aromatic rings. The van der Waals surface area contributed by atoms with E-state index in [-0.39, 0.29) is 47.5 Å². The molecule has 0 saturated heterocycles. The number of carbonyl (C=O) groups is 1. The van der Waals surface area contributed by atoms with E-state index in [1.807, 2.05) is 13.8 Å². The van der Waals surface area contributed by atoms with Gasteiger partial charge in [0.1, 0.15) is 0 Å². The highest BCUT2D eigenvalue weighted by molar-refractivity contribution is 7.90. The summed E-state index contributed by atoms with van der Waals surface area (Å²) in [7, 11) is -3.38. The first-order valence-corrected chi connectivity index (χ1v) is 14.1. The lowest BCUT2D eigenvalue weighted by Crippen LogP contribution is -2.21. The largest absolute Gasteiger partial charge is 0.326 e. The molecular formula is C29H39Cl2N3O3S. The maximum absolute atomic E-state index is 13.2. The summed E-state index contributed by atoms with van der Waals surface area (Å²) in [4.78, 5) is 18.4. The first kappa shape index (κ1) is 33.6. The van der Waals surface area contributed by atoms with Gasteiger partial charge in [0.25, 0.3) is 0 Å². The lowest BCUT2D eigenvalue weighted by molar-refractivity contribution is -0.115. The van der Waals surface area contributed by atoms with Crippen LogP contribution in [0, 0.1) is 12.3 Å². The van der Waals surface area contributed by atoms with Crippen LogP contribution in [-0.4, -0.2) is 25.6 Å². The van der Waals surface area contributed by atoms with Gasteiger partial charge in [-0.15, -0.1) is 24.8 Å². The maximum Gasteiger partial charge on any atom is 0.228 e. The standard InChI is InChI=1S/C29H37N3O3S.2ClH/c1-7-25-23(16-27(33)31-21-9-8-10-22(15-21)36(6,34)35)28(20-13-11-19(2)12-14-20)24(18-30)26(32-25)17-29(3,4)5;;/h8-15H,7,16-18,30H2,1-6H3,(H,31,33);2*1H. The van der Waals surface area contributed by atoms with Crippen molar-refractivity contribution in [2.75, 3.05) is 11.6 Å². The fraction of sp³-hybridized carbons (Fsp3) is 0.379. The van der Waals surface area contributed by atoms with E-state index in [1.165, 1.54) is 12.1 Å². The molecular weight excluding hydrogens is 541 g/mol. The van der Waals surface area contributed by atoms with Crippen molar-refractivity contribution in [1.29, 1.82) is 0 Å². The van der Waals surface area contributed by atoms with E-state index >= 15 is 0 Å². The molecule has 0 unspecified atom stereocenters. The average Bonchev–Trinajstić information content (AvgIpc) is 2.78. The predicted molar refractivity (Wildman–Crippen MR) is 161 cm³/mol. The number of hydrogen-bond donors (Lipinski definition) is 2. The van der Waals surface area contributed by atoms with Crippen LogP contribution in [0.4, 0.5) is 5.69 Å². The Kier molecular flexibility index (Phi) is 12.0. The second-order valence-corrected chi connectivity index (χ2v) is 12.5. The van der Waals surface area contributed by atoms with Crippen LogP contribution < -0.4 is 11.1 Å². The minimum absolute atomic E-state index is 0. The first-order chi connectivity index (χ1) is 16.8. The third-order valence-electron chi connectivity index (χ3n) is 6.03. The van der Waals surface area contributed by atoms with Gasteiger partial charge < -0.3 is 11.1 Å². The van der Waals surface area contributed by atoms with E-state index in [4.69, 9.17) is 10.7 Å². The summed E-state index contributed by atoms with van der Waals surface area (Å²) in [5.74, 6) is -0.239. The third-order valence-corrected chi connectivity index (χ3v) is 7.14. The van der Waals surface area contributed by atoms with E-state index in [0.29, 0.717) is 18.7 Å². The SMILES string of the molecule is CCc1nc(CC(C)(C)C)c(CN)c(-c2ccc(C)cc2)c1CC(=O)Nc1cccc(S(C)(=O)=O)c1.Cl.Cl. The summed E-state index contributed by atoms with van der Waals surface area (Å²) in [6.45, 7) is 10.9. The number of halogens is 2. The lowest BCUT2D eigenvalue weighted by Gasteiger charge is -2.25. The van der Waals surface area contributed by atoms with Crippen LogP contribution in [0.5, 0.6) is 0 Å². The number of nitrogens with two attached hydrogens (primary N) is 1. The molecule has 38 heavy (non-hydrogen) atoms. The van der Waals surface area contributed by atoms with Gasteiger partial charge in [-0.25, -0.2) is 8.42 Å². The molecule has 0 bridgehead atoms. The van der Waals surface area contributed by atoms with Gasteiger partial charge in [-0.2, -0.15) is 0 Å². The molecule has 0 aliphatic rings. The number of anilines is 1. The molecule has 2 aromatic carbocycles. The zero-order valence-corrected chi connectivity index (χ0v) is 25.4. The van der Waals surface area contributed by atoms with E-state index in [2.05, 4.69) is 50.4 Å². The Morgan fingerprint density at radius 1 is 1.00 bits per heavy atom. The normalized spacial score (nSPS) is 11.3. The number of nitrogens with one attached hydrogen (secondary N) is 1. The van der Waals surface area contributed by atoms with Crippen molar-refractivity contribution < 1.29 is 13.2 Å². The Bertz CT molecular complexity index is 1370. The topological polar surface area (TPSA) is 102 Å². The predicted octanol–water partition coefficient (Wildman–Crippen LogP) is 6.10. The molecule has 1 aromatic heterocycles. The summed E-state index contributed by atoms with van der Waals surface area (Å²) in [6, 6.07) is 14.6. The number of pyridine rings is 1. The Hall–Kier alpha value is -2.45. The molecule has 3 N–H and O–H groups in total. The molecule has 0 atom stereocenters. The summed E-state index contributed by atoms with van der Waals surface area (Å²) in [5.41, 5.74) is 13.6. The minimum atomic E-state index is -3.38. The summed E-state index contributed by atoms with van der Waals surface area (Å²) in [5, 5.41) is 2.87. The van der Waals surface area contributed by atoms with Crippen molar-refractivity contribution in [3.05, 3.63) is 76.6 Å². The average molecular weight is 581 g/mol. The molecule has 3 rings (SSSR count). The van der Waals surface area contributed by atoms with Gasteiger partial charge in [0, 0.05) is 29.9 Å². The number of benzene rings is 2. The molecule has 0 fully saturated rings. The summed E-state index contributed by atoms with van der Waals surface area (Å²) in [6.07, 6.45) is 2.70. The Morgan fingerprint density at radius 3 is 2.16 bits per heavy atom. The number of hydrogen-bond acceptors (Lipinski definition) is 5. The second-order valence-electron chi connectivity index (χ2n) is 10.5. The smallest absolute Gasteiger partial charge is 0.228 e. The number of aryl methyl sites for hydroxylation is 2. The molecule has 0 aliphatic heterocycles. The highest BCUT2D eigenvalue weighted by atomic mass is 35.5. The van der Waals surface area contributed by atoms with Crippen LogP contribution in [0.3, 0.4) is 0 Å². The number of amides is 1. The maximum atomic E-state index is 13.2. The molecule has 1 heterocycles. The van der Waals surface area contributed by atoms with Crippen LogP contribution in [0.1, 0.15) is 55.8 Å². The molecule has 208 valence electrons. The number of carbonyl (C=O) groups excluding carboxylic acids is 1. The van der Waals surface area contributed by atoms with Gasteiger partial charge >= 0.3 is 0 Å². The molecule has 0 radical (unpaired) electrons. The van der Waals surface area contributed by atoms with Crippen LogP contribution in [0.25, 0.3) is 11.1 Å². The van der Waals surface area contributed by atoms with Crippen molar-refractivity contribution in [3.63, 3.8) is 0 Å². The zero-order chi connectivity index (χ0) is 26.7. The summed E-state index contributed by atoms with van der Waals surface area (Å²) >= 11 is 0. The van der Waals surface area contributed by atoms with E-state index < -0.39 is 9.84 Å². The number of aromatic nitrogens is 1. The molecule has 0 saturated carbocycles. The molecule has 9 heteroatoms. The summed E-state index contributed by atoms with van der Waals surface area (Å²) < 4.78 is 23.9. The molecule has 0 aliphatic carbocycles. The Morgan fingerprint density at radius 2 is 1.63 bits per heavy atom. The monoisotopic (exact) mass is 579 g/mol. The fourth-order valence-electron chi connectivity index (χ4n) is 4.36. The molecule has 6 nitrogen and oxygen atoms in total. The van der Waals surface area contributed by atoms with Gasteiger partial charge in [0.2, 0.25) is 5.91 Å². The first-order valence-electron chi connectivity index (χ1n) is 12.2. The van der Waals surface area contributed by atoms with Gasteiger partial charge in [-0.05, 0) is 65.6 Å². The van der Waals surface area contributed by atoms with Crippen LogP contribution in [-0.2, 0) is 40.4 Å². The third kappa shape index (κ3) is 8.53. The second kappa shape index (κ2) is 13.6. The van der Waals surface area contributed by atoms with E-state index in [0.717, 1.165) is 51.9 Å². The number of rotatable bonds is 8. The zero-order valence-electron chi connectivity index (χ0n) is 22.9. The molecule has 1 amide bonds. The lowest BCUT2D eigenvalue weighted by atomic mass is 9.84. The van der Waals surface area contributed by atoms with Crippen molar-refractivity contribution in [1.82, 2.24) is 4.98 Å². The highest BCUT2D eigenvalue weighted by Gasteiger charge is 2.24. The van der Waals surface area contributed by atoms with Gasteiger partial charge in [0.05, 0.1) is 11.3 Å². The fourth-order valence-corrected chi connectivity index (χ4v) is 5.03. The number of sulfone groups is 1. The Balaban J connectivity index is 0.00000361. The number of nitrogens with zero attached hydrogens (tertiary/aromatic N) is 1. The van der Waals surface area contributed by atoms with Gasteiger partial charge in [-0.1, -0.05) is 63.6 Å². The van der Waals surface area contributed by atoms with Crippen LogP contribution in [0.15, 0.2) is 53.4 Å².